The van der Waals surface area contributed by atoms with Crippen LogP contribution in [-0.4, -0.2) is 37.2 Å². The smallest absolute Gasteiger partial charge is 0.258 e. The molecule has 45 heavy (non-hydrogen) atoms. The first kappa shape index (κ1) is 32.5. The van der Waals surface area contributed by atoms with Gasteiger partial charge in [-0.25, -0.2) is 0 Å². The van der Waals surface area contributed by atoms with Gasteiger partial charge in [0.1, 0.15) is 17.8 Å². The number of hydrogen-bond acceptors (Lipinski definition) is 5. The van der Waals surface area contributed by atoms with Crippen molar-refractivity contribution < 1.29 is 18.8 Å². The summed E-state index contributed by atoms with van der Waals surface area (Å²) in [5, 5.41) is 6.19. The average molecular weight is 612 g/mol. The minimum atomic E-state index is -0.226. The minimum absolute atomic E-state index is 0.131. The second-order valence-corrected chi connectivity index (χ2v) is 13.0. The van der Waals surface area contributed by atoms with Crippen molar-refractivity contribution in [1.82, 2.24) is 5.32 Å². The number of amides is 2. The summed E-state index contributed by atoms with van der Waals surface area (Å²) >= 11 is 0. The SMILES string of the molecule is CCCc1cc(C(=O)Nc2cc(C(=O)NCCCC3CCCC(=O)CC3)ccc2CC2CCN(c3ccccc3C)CC2)co1. The number of ketones is 1. The molecule has 2 heterocycles. The van der Waals surface area contributed by atoms with Crippen molar-refractivity contribution in [1.29, 1.82) is 0 Å². The normalized spacial score (nSPS) is 17.6. The number of Topliss-reactive ketones (excluding diaryl/α,β-unsaturated/α-hetero) is 1. The maximum absolute atomic E-state index is 13.3. The lowest BCUT2D eigenvalue weighted by Crippen LogP contribution is -2.34. The number of hydrogen-bond donors (Lipinski definition) is 2. The fourth-order valence-electron chi connectivity index (χ4n) is 6.90. The van der Waals surface area contributed by atoms with Gasteiger partial charge < -0.3 is 20.0 Å². The van der Waals surface area contributed by atoms with E-state index in [1.165, 1.54) is 17.5 Å². The third-order valence-corrected chi connectivity index (χ3v) is 9.59. The number of carbonyl (C=O) groups excluding carboxylic acids is 3. The molecule has 5 rings (SSSR count). The Morgan fingerprint density at radius 1 is 0.933 bits per heavy atom. The van der Waals surface area contributed by atoms with Crippen LogP contribution >= 0.6 is 0 Å². The van der Waals surface area contributed by atoms with Crippen LogP contribution in [0.5, 0.6) is 0 Å². The van der Waals surface area contributed by atoms with E-state index in [0.717, 1.165) is 95.0 Å². The topological polar surface area (TPSA) is 91.7 Å². The fourth-order valence-corrected chi connectivity index (χ4v) is 6.90. The van der Waals surface area contributed by atoms with E-state index in [1.807, 2.05) is 18.2 Å². The molecule has 1 unspecified atom stereocenters. The number of furan rings is 1. The van der Waals surface area contributed by atoms with Crippen LogP contribution in [0, 0.1) is 18.8 Å². The van der Waals surface area contributed by atoms with E-state index in [4.69, 9.17) is 4.42 Å². The molecule has 2 aliphatic rings. The van der Waals surface area contributed by atoms with Gasteiger partial charge in [0.2, 0.25) is 0 Å². The van der Waals surface area contributed by atoms with Crippen molar-refractivity contribution in [3.8, 4) is 0 Å². The first-order chi connectivity index (χ1) is 21.9. The molecular weight excluding hydrogens is 562 g/mol. The van der Waals surface area contributed by atoms with Crippen molar-refractivity contribution in [2.75, 3.05) is 29.9 Å². The van der Waals surface area contributed by atoms with Crippen LogP contribution < -0.4 is 15.5 Å². The lowest BCUT2D eigenvalue weighted by atomic mass is 9.88. The second kappa shape index (κ2) is 15.9. The van der Waals surface area contributed by atoms with Gasteiger partial charge in [-0.1, -0.05) is 37.6 Å². The molecular formula is C38H49N3O4. The van der Waals surface area contributed by atoms with Gasteiger partial charge in [0.05, 0.1) is 5.56 Å². The quantitative estimate of drug-likeness (QED) is 0.160. The second-order valence-electron chi connectivity index (χ2n) is 13.0. The maximum Gasteiger partial charge on any atom is 0.258 e. The summed E-state index contributed by atoms with van der Waals surface area (Å²) in [4.78, 5) is 40.7. The summed E-state index contributed by atoms with van der Waals surface area (Å²) in [5.41, 5.74) is 5.39. The zero-order chi connectivity index (χ0) is 31.6. The fraction of sp³-hybridized carbons (Fsp3) is 0.500. The van der Waals surface area contributed by atoms with E-state index in [9.17, 15) is 14.4 Å². The van der Waals surface area contributed by atoms with Gasteiger partial charge in [-0.05, 0) is 106 Å². The molecule has 1 saturated carbocycles. The molecule has 7 nitrogen and oxygen atoms in total. The van der Waals surface area contributed by atoms with Gasteiger partial charge >= 0.3 is 0 Å². The molecule has 2 fully saturated rings. The molecule has 2 N–H and O–H groups in total. The number of carbonyl (C=O) groups is 3. The highest BCUT2D eigenvalue weighted by Gasteiger charge is 2.23. The average Bonchev–Trinajstić information content (AvgIpc) is 3.42. The van der Waals surface area contributed by atoms with E-state index in [1.54, 1.807) is 6.07 Å². The Morgan fingerprint density at radius 2 is 1.76 bits per heavy atom. The number of nitrogens with zero attached hydrogens (tertiary/aromatic N) is 1. The van der Waals surface area contributed by atoms with Crippen molar-refractivity contribution in [3.05, 3.63) is 82.8 Å². The van der Waals surface area contributed by atoms with E-state index in [2.05, 4.69) is 53.6 Å². The largest absolute Gasteiger partial charge is 0.469 e. The first-order valence-corrected chi connectivity index (χ1v) is 17.0. The highest BCUT2D eigenvalue weighted by molar-refractivity contribution is 6.05. The van der Waals surface area contributed by atoms with Crippen molar-refractivity contribution in [2.45, 2.75) is 90.9 Å². The van der Waals surface area contributed by atoms with Crippen LogP contribution in [0.1, 0.15) is 109 Å². The Balaban J connectivity index is 1.23. The molecule has 1 aliphatic heterocycles. The molecule has 3 aromatic rings. The Labute approximate surface area is 268 Å². The first-order valence-electron chi connectivity index (χ1n) is 17.0. The molecule has 240 valence electrons. The molecule has 0 radical (unpaired) electrons. The number of nitrogens with one attached hydrogen (secondary N) is 2. The zero-order valence-electron chi connectivity index (χ0n) is 27.0. The van der Waals surface area contributed by atoms with Crippen LogP contribution in [-0.2, 0) is 17.6 Å². The number of para-hydroxylation sites is 1. The summed E-state index contributed by atoms with van der Waals surface area (Å²) in [7, 11) is 0. The van der Waals surface area contributed by atoms with E-state index < -0.39 is 0 Å². The molecule has 0 spiro atoms. The van der Waals surface area contributed by atoms with Crippen LogP contribution in [0.4, 0.5) is 11.4 Å². The van der Waals surface area contributed by atoms with Crippen molar-refractivity contribution in [3.63, 3.8) is 0 Å². The van der Waals surface area contributed by atoms with Crippen LogP contribution in [0.2, 0.25) is 0 Å². The monoisotopic (exact) mass is 611 g/mol. The van der Waals surface area contributed by atoms with Crippen LogP contribution in [0.25, 0.3) is 0 Å². The van der Waals surface area contributed by atoms with E-state index in [-0.39, 0.29) is 11.8 Å². The van der Waals surface area contributed by atoms with Gasteiger partial charge in [0.25, 0.3) is 11.8 Å². The van der Waals surface area contributed by atoms with Gasteiger partial charge in [0.15, 0.2) is 0 Å². The Bertz CT molecular complexity index is 1450. The number of piperidine rings is 1. The number of rotatable bonds is 12. The summed E-state index contributed by atoms with van der Waals surface area (Å²) in [6.07, 6.45) is 12.6. The Hall–Kier alpha value is -3.87. The van der Waals surface area contributed by atoms with Gasteiger partial charge in [-0.3, -0.25) is 14.4 Å². The minimum Gasteiger partial charge on any atom is -0.469 e. The number of benzene rings is 2. The molecule has 1 aliphatic carbocycles. The molecule has 0 bridgehead atoms. The lowest BCUT2D eigenvalue weighted by Gasteiger charge is -2.34. The summed E-state index contributed by atoms with van der Waals surface area (Å²) < 4.78 is 5.60. The molecule has 1 saturated heterocycles. The summed E-state index contributed by atoms with van der Waals surface area (Å²) in [6.45, 7) is 6.85. The number of aryl methyl sites for hydroxylation is 2. The predicted molar refractivity (Wildman–Crippen MR) is 180 cm³/mol. The highest BCUT2D eigenvalue weighted by atomic mass is 16.3. The van der Waals surface area contributed by atoms with Crippen molar-refractivity contribution in [2.24, 2.45) is 11.8 Å². The predicted octanol–water partition coefficient (Wildman–Crippen LogP) is 7.91. The summed E-state index contributed by atoms with van der Waals surface area (Å²) in [5.74, 6) is 1.89. The molecule has 2 aromatic carbocycles. The molecule has 7 heteroatoms. The summed E-state index contributed by atoms with van der Waals surface area (Å²) in [6, 6.07) is 16.1. The maximum atomic E-state index is 13.3. The third kappa shape index (κ3) is 9.09. The van der Waals surface area contributed by atoms with Gasteiger partial charge in [0, 0.05) is 55.8 Å². The van der Waals surface area contributed by atoms with E-state index >= 15 is 0 Å². The number of anilines is 2. The molecule has 1 atom stereocenters. The van der Waals surface area contributed by atoms with Gasteiger partial charge in [-0.2, -0.15) is 0 Å². The lowest BCUT2D eigenvalue weighted by molar-refractivity contribution is -0.118. The molecule has 1 aromatic heterocycles. The molecule has 2 amide bonds. The van der Waals surface area contributed by atoms with Crippen molar-refractivity contribution >= 4 is 29.0 Å². The Morgan fingerprint density at radius 3 is 2.56 bits per heavy atom. The van der Waals surface area contributed by atoms with Crippen LogP contribution in [0.3, 0.4) is 0 Å². The zero-order valence-corrected chi connectivity index (χ0v) is 27.0. The standard InChI is InChI=1S/C38H49N3O4/c1-3-8-34-24-32(26-45-34)38(44)40-35-25-31(37(43)39-20-7-11-28-10-6-12-33(42)17-14-28)16-15-30(35)23-29-18-21-41(22-19-29)36-13-5-4-9-27(36)2/h4-5,9,13,15-16,24-26,28-29H,3,6-8,10-12,14,17-23H2,1-2H3,(H,39,43)(H,40,44). The van der Waals surface area contributed by atoms with E-state index in [0.29, 0.717) is 47.4 Å². The van der Waals surface area contributed by atoms with Crippen LogP contribution in [0.15, 0.2) is 59.2 Å². The Kier molecular flexibility index (Phi) is 11.5. The van der Waals surface area contributed by atoms with Gasteiger partial charge in [-0.15, -0.1) is 0 Å². The highest BCUT2D eigenvalue weighted by Crippen LogP contribution is 2.31. The third-order valence-electron chi connectivity index (χ3n) is 9.59.